The summed E-state index contributed by atoms with van der Waals surface area (Å²) in [5.41, 5.74) is 5.11. The van der Waals surface area contributed by atoms with Crippen LogP contribution in [0, 0.1) is 0 Å². The van der Waals surface area contributed by atoms with Crippen LogP contribution in [-0.4, -0.2) is 65.3 Å². The first-order valence-electron chi connectivity index (χ1n) is 13.2. The van der Waals surface area contributed by atoms with Crippen LogP contribution in [0.5, 0.6) is 5.75 Å². The van der Waals surface area contributed by atoms with E-state index in [-0.39, 0.29) is 17.9 Å². The topological polar surface area (TPSA) is 53.1 Å². The fourth-order valence-corrected chi connectivity index (χ4v) is 5.49. The summed E-state index contributed by atoms with van der Waals surface area (Å²) in [7, 11) is 0. The van der Waals surface area contributed by atoms with Gasteiger partial charge in [0.15, 0.2) is 6.10 Å². The summed E-state index contributed by atoms with van der Waals surface area (Å²) in [6, 6.07) is 27.6. The SMILES string of the molecule is CC(=O)N1CCN(C(=O)C(C)Oc2ccc3c(c2)C(c2ccccc2)N(Cc2ccccc2)CC3)CC1. The number of nitrogens with zero attached hydrogens (tertiary/aromatic N) is 3. The third kappa shape index (κ3) is 5.70. The average molecular weight is 498 g/mol. The molecule has 0 N–H and O–H groups in total. The molecule has 5 rings (SSSR count). The first kappa shape index (κ1) is 25.0. The molecule has 0 saturated carbocycles. The molecule has 3 aromatic rings. The van der Waals surface area contributed by atoms with Gasteiger partial charge >= 0.3 is 0 Å². The predicted molar refractivity (Wildman–Crippen MR) is 144 cm³/mol. The Morgan fingerprint density at radius 2 is 1.51 bits per heavy atom. The van der Waals surface area contributed by atoms with Crippen molar-refractivity contribution in [3.05, 3.63) is 101 Å². The van der Waals surface area contributed by atoms with Gasteiger partial charge in [-0.05, 0) is 47.7 Å². The molecule has 0 radical (unpaired) electrons. The molecule has 1 saturated heterocycles. The number of benzene rings is 3. The number of hydrogen-bond acceptors (Lipinski definition) is 4. The van der Waals surface area contributed by atoms with Crippen LogP contribution in [0.3, 0.4) is 0 Å². The predicted octanol–water partition coefficient (Wildman–Crippen LogP) is 4.29. The molecule has 2 unspecified atom stereocenters. The highest BCUT2D eigenvalue weighted by Gasteiger charge is 2.30. The normalized spacial score (nSPS) is 18.7. The van der Waals surface area contributed by atoms with Crippen molar-refractivity contribution in [2.45, 2.75) is 39.0 Å². The van der Waals surface area contributed by atoms with Crippen LogP contribution in [-0.2, 0) is 22.6 Å². The number of carbonyl (C=O) groups excluding carboxylic acids is 2. The number of amides is 2. The molecule has 0 bridgehead atoms. The Balaban J connectivity index is 1.36. The lowest BCUT2D eigenvalue weighted by Gasteiger charge is -2.38. The zero-order chi connectivity index (χ0) is 25.8. The smallest absolute Gasteiger partial charge is 0.263 e. The van der Waals surface area contributed by atoms with Crippen LogP contribution in [0.4, 0.5) is 0 Å². The maximum atomic E-state index is 13.1. The molecule has 2 atom stereocenters. The molecule has 192 valence electrons. The minimum Gasteiger partial charge on any atom is -0.481 e. The summed E-state index contributed by atoms with van der Waals surface area (Å²) in [6.45, 7) is 7.46. The Morgan fingerprint density at radius 3 is 2.19 bits per heavy atom. The fraction of sp³-hybridized carbons (Fsp3) is 0.355. The summed E-state index contributed by atoms with van der Waals surface area (Å²) in [5, 5.41) is 0. The second-order valence-corrected chi connectivity index (χ2v) is 9.97. The van der Waals surface area contributed by atoms with E-state index in [1.165, 1.54) is 22.3 Å². The number of carbonyl (C=O) groups is 2. The quantitative estimate of drug-likeness (QED) is 0.510. The summed E-state index contributed by atoms with van der Waals surface area (Å²) < 4.78 is 6.22. The van der Waals surface area contributed by atoms with Gasteiger partial charge in [0.1, 0.15) is 5.75 Å². The van der Waals surface area contributed by atoms with E-state index in [1.54, 1.807) is 16.7 Å². The molecule has 0 aromatic heterocycles. The summed E-state index contributed by atoms with van der Waals surface area (Å²) in [4.78, 5) is 30.8. The molecule has 37 heavy (non-hydrogen) atoms. The van der Waals surface area contributed by atoms with E-state index in [1.807, 2.05) is 13.0 Å². The van der Waals surface area contributed by atoms with Crippen LogP contribution >= 0.6 is 0 Å². The lowest BCUT2D eigenvalue weighted by atomic mass is 9.87. The highest BCUT2D eigenvalue weighted by Crippen LogP contribution is 2.38. The van der Waals surface area contributed by atoms with Crippen molar-refractivity contribution in [2.24, 2.45) is 0 Å². The Hall–Kier alpha value is -3.64. The van der Waals surface area contributed by atoms with Gasteiger partial charge in [0.05, 0.1) is 6.04 Å². The maximum Gasteiger partial charge on any atom is 0.263 e. The largest absolute Gasteiger partial charge is 0.481 e. The van der Waals surface area contributed by atoms with Crippen molar-refractivity contribution < 1.29 is 14.3 Å². The molecule has 2 aliphatic heterocycles. The number of ether oxygens (including phenoxy) is 1. The zero-order valence-corrected chi connectivity index (χ0v) is 21.7. The summed E-state index contributed by atoms with van der Waals surface area (Å²) in [5.74, 6) is 0.732. The van der Waals surface area contributed by atoms with Gasteiger partial charge in [-0.1, -0.05) is 66.7 Å². The van der Waals surface area contributed by atoms with E-state index in [9.17, 15) is 9.59 Å². The molecule has 1 fully saturated rings. The Kier molecular flexibility index (Phi) is 7.56. The monoisotopic (exact) mass is 497 g/mol. The highest BCUT2D eigenvalue weighted by molar-refractivity contribution is 5.81. The van der Waals surface area contributed by atoms with E-state index in [0.29, 0.717) is 31.9 Å². The molecule has 6 nitrogen and oxygen atoms in total. The van der Waals surface area contributed by atoms with Gasteiger partial charge in [0.2, 0.25) is 5.91 Å². The van der Waals surface area contributed by atoms with Crippen molar-refractivity contribution in [2.75, 3.05) is 32.7 Å². The van der Waals surface area contributed by atoms with E-state index in [0.717, 1.165) is 19.5 Å². The van der Waals surface area contributed by atoms with Crippen LogP contribution in [0.1, 0.15) is 42.1 Å². The Morgan fingerprint density at radius 1 is 0.865 bits per heavy atom. The number of hydrogen-bond donors (Lipinski definition) is 0. The molecule has 2 heterocycles. The molecule has 3 aromatic carbocycles. The third-order valence-electron chi connectivity index (χ3n) is 7.49. The minimum absolute atomic E-state index is 0.0359. The molecule has 0 spiro atoms. The summed E-state index contributed by atoms with van der Waals surface area (Å²) >= 11 is 0. The fourth-order valence-electron chi connectivity index (χ4n) is 5.49. The standard InChI is InChI=1S/C31H35N3O3/c1-23(31(36)33-19-17-32(18-20-33)24(2)35)37-28-14-13-26-15-16-34(22-25-9-5-3-6-10-25)30(29(26)21-28)27-11-7-4-8-12-27/h3-14,21,23,30H,15-20,22H2,1-2H3. The van der Waals surface area contributed by atoms with Gasteiger partial charge in [-0.25, -0.2) is 0 Å². The molecule has 0 aliphatic carbocycles. The molecule has 2 aliphatic rings. The van der Waals surface area contributed by atoms with Crippen molar-refractivity contribution in [1.82, 2.24) is 14.7 Å². The van der Waals surface area contributed by atoms with Crippen molar-refractivity contribution in [3.8, 4) is 5.75 Å². The van der Waals surface area contributed by atoms with Gasteiger partial charge in [0, 0.05) is 46.2 Å². The van der Waals surface area contributed by atoms with E-state index >= 15 is 0 Å². The number of piperazine rings is 1. The Bertz CT molecular complexity index is 1220. The number of fused-ring (bicyclic) bond motifs is 1. The molecular weight excluding hydrogens is 462 g/mol. The molecule has 6 heteroatoms. The first-order valence-corrected chi connectivity index (χ1v) is 13.2. The maximum absolute atomic E-state index is 13.1. The second kappa shape index (κ2) is 11.2. The van der Waals surface area contributed by atoms with Crippen LogP contribution in [0.15, 0.2) is 78.9 Å². The van der Waals surface area contributed by atoms with E-state index in [2.05, 4.69) is 77.7 Å². The highest BCUT2D eigenvalue weighted by atomic mass is 16.5. The van der Waals surface area contributed by atoms with Crippen molar-refractivity contribution in [3.63, 3.8) is 0 Å². The van der Waals surface area contributed by atoms with Gasteiger partial charge in [-0.2, -0.15) is 0 Å². The van der Waals surface area contributed by atoms with Crippen LogP contribution in [0.25, 0.3) is 0 Å². The van der Waals surface area contributed by atoms with Gasteiger partial charge in [-0.3, -0.25) is 14.5 Å². The molecule has 2 amide bonds. The third-order valence-corrected chi connectivity index (χ3v) is 7.49. The first-order chi connectivity index (χ1) is 18.0. The zero-order valence-electron chi connectivity index (χ0n) is 21.7. The van der Waals surface area contributed by atoms with Gasteiger partial charge in [0.25, 0.3) is 5.91 Å². The van der Waals surface area contributed by atoms with Crippen LogP contribution < -0.4 is 4.74 Å². The lowest BCUT2D eigenvalue weighted by Crippen LogP contribution is -2.52. The van der Waals surface area contributed by atoms with Crippen LogP contribution in [0.2, 0.25) is 0 Å². The summed E-state index contributed by atoms with van der Waals surface area (Å²) in [6.07, 6.45) is 0.377. The van der Waals surface area contributed by atoms with Gasteiger partial charge in [-0.15, -0.1) is 0 Å². The van der Waals surface area contributed by atoms with E-state index in [4.69, 9.17) is 4.74 Å². The Labute approximate surface area is 219 Å². The second-order valence-electron chi connectivity index (χ2n) is 9.97. The van der Waals surface area contributed by atoms with Crippen molar-refractivity contribution in [1.29, 1.82) is 0 Å². The average Bonchev–Trinajstić information content (AvgIpc) is 2.93. The lowest BCUT2D eigenvalue weighted by molar-refractivity contribution is -0.143. The van der Waals surface area contributed by atoms with Crippen molar-refractivity contribution >= 4 is 11.8 Å². The van der Waals surface area contributed by atoms with Gasteiger partial charge < -0.3 is 14.5 Å². The number of rotatable bonds is 6. The van der Waals surface area contributed by atoms with E-state index < -0.39 is 6.10 Å². The molecular formula is C31H35N3O3. The minimum atomic E-state index is -0.596.